The number of anilines is 1. The second kappa shape index (κ2) is 9.16. The smallest absolute Gasteiger partial charge is 0.407 e. The summed E-state index contributed by atoms with van der Waals surface area (Å²) >= 11 is 0. The van der Waals surface area contributed by atoms with Gasteiger partial charge < -0.3 is 20.5 Å². The minimum Gasteiger partial charge on any atom is -0.478 e. The number of carboxylic acid groups (broad SMARTS) is 1. The maximum Gasteiger partial charge on any atom is 0.407 e. The monoisotopic (exact) mass is 444 g/mol. The zero-order valence-electron chi connectivity index (χ0n) is 18.3. The third kappa shape index (κ3) is 4.57. The molecule has 2 amide bonds. The number of aryl methyl sites for hydroxylation is 1. The first-order chi connectivity index (χ1) is 15.8. The third-order valence-electron chi connectivity index (χ3n) is 5.81. The van der Waals surface area contributed by atoms with Crippen molar-refractivity contribution in [3.63, 3.8) is 0 Å². The third-order valence-corrected chi connectivity index (χ3v) is 5.81. The van der Waals surface area contributed by atoms with Crippen molar-refractivity contribution in [1.82, 2.24) is 5.32 Å². The molecule has 0 fully saturated rings. The van der Waals surface area contributed by atoms with Crippen LogP contribution >= 0.6 is 0 Å². The Bertz CT molecular complexity index is 1190. The van der Waals surface area contributed by atoms with Gasteiger partial charge in [0.25, 0.3) is 0 Å². The fourth-order valence-corrected chi connectivity index (χ4v) is 4.01. The predicted molar refractivity (Wildman–Crippen MR) is 124 cm³/mol. The fourth-order valence-electron chi connectivity index (χ4n) is 4.01. The Kier molecular flexibility index (Phi) is 6.13. The van der Waals surface area contributed by atoms with Gasteiger partial charge in [0.05, 0.1) is 5.56 Å². The SMILES string of the molecule is Cc1ccc(C(=O)O)cc1NC(=O)[C@H](C)NC(=O)OCC1c2ccccc2-c2ccccc21. The van der Waals surface area contributed by atoms with Crippen molar-refractivity contribution in [2.75, 3.05) is 11.9 Å². The molecule has 33 heavy (non-hydrogen) atoms. The summed E-state index contributed by atoms with van der Waals surface area (Å²) in [4.78, 5) is 36.1. The average molecular weight is 444 g/mol. The van der Waals surface area contributed by atoms with Crippen LogP contribution in [-0.2, 0) is 9.53 Å². The number of aromatic carboxylic acids is 1. The normalized spacial score (nSPS) is 12.9. The molecule has 0 spiro atoms. The number of hydrogen-bond donors (Lipinski definition) is 3. The Labute approximate surface area is 191 Å². The van der Waals surface area contributed by atoms with E-state index in [9.17, 15) is 14.4 Å². The first-order valence-electron chi connectivity index (χ1n) is 10.6. The van der Waals surface area contributed by atoms with E-state index in [-0.39, 0.29) is 18.1 Å². The topological polar surface area (TPSA) is 105 Å². The quantitative estimate of drug-likeness (QED) is 0.517. The lowest BCUT2D eigenvalue weighted by Crippen LogP contribution is -2.42. The number of carbonyl (C=O) groups is 3. The van der Waals surface area contributed by atoms with Crippen LogP contribution in [0.4, 0.5) is 10.5 Å². The standard InChI is InChI=1S/C26H24N2O5/c1-15-11-12-17(25(30)31)13-23(15)28-24(29)16(2)27-26(32)33-14-22-20-9-5-3-7-18(20)19-8-4-6-10-21(19)22/h3-13,16,22H,14H2,1-2H3,(H,27,32)(H,28,29)(H,30,31)/t16-/m0/s1. The van der Waals surface area contributed by atoms with Crippen molar-refractivity contribution in [3.05, 3.63) is 89.0 Å². The Hall–Kier alpha value is -4.13. The zero-order valence-corrected chi connectivity index (χ0v) is 18.3. The summed E-state index contributed by atoms with van der Waals surface area (Å²) < 4.78 is 5.48. The van der Waals surface area contributed by atoms with E-state index in [2.05, 4.69) is 22.8 Å². The molecule has 7 nitrogen and oxygen atoms in total. The van der Waals surface area contributed by atoms with Gasteiger partial charge >= 0.3 is 12.1 Å². The van der Waals surface area contributed by atoms with Crippen molar-refractivity contribution in [1.29, 1.82) is 0 Å². The minimum absolute atomic E-state index is 0.0630. The lowest BCUT2D eigenvalue weighted by molar-refractivity contribution is -0.117. The van der Waals surface area contributed by atoms with E-state index < -0.39 is 24.0 Å². The second-order valence-electron chi connectivity index (χ2n) is 8.02. The molecule has 0 aliphatic heterocycles. The van der Waals surface area contributed by atoms with Crippen LogP contribution in [0.3, 0.4) is 0 Å². The van der Waals surface area contributed by atoms with E-state index in [1.165, 1.54) is 19.1 Å². The Morgan fingerprint density at radius 2 is 1.58 bits per heavy atom. The molecule has 0 bridgehead atoms. The molecular weight excluding hydrogens is 420 g/mol. The number of alkyl carbamates (subject to hydrolysis) is 1. The van der Waals surface area contributed by atoms with E-state index in [1.54, 1.807) is 13.0 Å². The Morgan fingerprint density at radius 3 is 2.18 bits per heavy atom. The molecule has 0 saturated carbocycles. The zero-order chi connectivity index (χ0) is 23.5. The number of amides is 2. The van der Waals surface area contributed by atoms with Gasteiger partial charge in [-0.3, -0.25) is 4.79 Å². The van der Waals surface area contributed by atoms with Gasteiger partial charge in [-0.05, 0) is 53.8 Å². The molecule has 0 unspecified atom stereocenters. The van der Waals surface area contributed by atoms with Gasteiger partial charge in [0.15, 0.2) is 0 Å². The number of carbonyl (C=O) groups excluding carboxylic acids is 2. The van der Waals surface area contributed by atoms with E-state index in [4.69, 9.17) is 9.84 Å². The molecule has 4 rings (SSSR count). The van der Waals surface area contributed by atoms with E-state index in [0.29, 0.717) is 11.3 Å². The van der Waals surface area contributed by atoms with Gasteiger partial charge in [-0.15, -0.1) is 0 Å². The van der Waals surface area contributed by atoms with E-state index in [1.807, 2.05) is 36.4 Å². The number of ether oxygens (including phenoxy) is 1. The van der Waals surface area contributed by atoms with Crippen LogP contribution in [0.1, 0.15) is 39.9 Å². The largest absolute Gasteiger partial charge is 0.478 e. The Balaban J connectivity index is 1.37. The fraction of sp³-hybridized carbons (Fsp3) is 0.192. The number of hydrogen-bond acceptors (Lipinski definition) is 4. The van der Waals surface area contributed by atoms with Crippen LogP contribution in [0.5, 0.6) is 0 Å². The minimum atomic E-state index is -1.09. The van der Waals surface area contributed by atoms with Crippen LogP contribution in [0.25, 0.3) is 11.1 Å². The molecule has 3 N–H and O–H groups in total. The molecule has 1 aliphatic rings. The second-order valence-corrected chi connectivity index (χ2v) is 8.02. The van der Waals surface area contributed by atoms with Crippen LogP contribution in [0, 0.1) is 6.92 Å². The summed E-state index contributed by atoms with van der Waals surface area (Å²) in [7, 11) is 0. The highest BCUT2D eigenvalue weighted by Crippen LogP contribution is 2.44. The van der Waals surface area contributed by atoms with Crippen LogP contribution in [0.15, 0.2) is 66.7 Å². The summed E-state index contributed by atoms with van der Waals surface area (Å²) in [5.41, 5.74) is 5.62. The van der Waals surface area contributed by atoms with E-state index in [0.717, 1.165) is 22.3 Å². The highest BCUT2D eigenvalue weighted by atomic mass is 16.5. The van der Waals surface area contributed by atoms with Crippen LogP contribution in [0.2, 0.25) is 0 Å². The number of nitrogens with one attached hydrogen (secondary N) is 2. The lowest BCUT2D eigenvalue weighted by atomic mass is 9.98. The molecule has 168 valence electrons. The molecule has 0 heterocycles. The molecule has 1 aliphatic carbocycles. The first-order valence-corrected chi connectivity index (χ1v) is 10.6. The van der Waals surface area contributed by atoms with Crippen molar-refractivity contribution in [2.45, 2.75) is 25.8 Å². The first kappa shape index (κ1) is 22.1. The van der Waals surface area contributed by atoms with Crippen molar-refractivity contribution < 1.29 is 24.2 Å². The Morgan fingerprint density at radius 1 is 0.970 bits per heavy atom. The summed E-state index contributed by atoms with van der Waals surface area (Å²) in [5, 5.41) is 14.3. The molecule has 3 aromatic carbocycles. The number of benzene rings is 3. The molecular formula is C26H24N2O5. The van der Waals surface area contributed by atoms with Crippen molar-refractivity contribution >= 4 is 23.7 Å². The summed E-state index contributed by atoms with van der Waals surface area (Å²) in [6.07, 6.45) is -0.699. The molecule has 7 heteroatoms. The molecule has 0 radical (unpaired) electrons. The highest BCUT2D eigenvalue weighted by molar-refractivity contribution is 5.98. The van der Waals surface area contributed by atoms with Gasteiger partial charge in [-0.2, -0.15) is 0 Å². The number of fused-ring (bicyclic) bond motifs is 3. The summed E-state index contributed by atoms with van der Waals surface area (Å²) in [5.74, 6) is -1.64. The van der Waals surface area contributed by atoms with Gasteiger partial charge in [0, 0.05) is 11.6 Å². The molecule has 0 saturated heterocycles. The molecule has 0 aromatic heterocycles. The molecule has 3 aromatic rings. The average Bonchev–Trinajstić information content (AvgIpc) is 3.12. The maximum atomic E-state index is 12.5. The van der Waals surface area contributed by atoms with E-state index >= 15 is 0 Å². The van der Waals surface area contributed by atoms with Gasteiger partial charge in [-0.25, -0.2) is 9.59 Å². The lowest BCUT2D eigenvalue weighted by Gasteiger charge is -2.18. The predicted octanol–water partition coefficient (Wildman–Crippen LogP) is 4.56. The maximum absolute atomic E-state index is 12.5. The van der Waals surface area contributed by atoms with Gasteiger partial charge in [0.2, 0.25) is 5.91 Å². The van der Waals surface area contributed by atoms with Gasteiger partial charge in [-0.1, -0.05) is 54.6 Å². The van der Waals surface area contributed by atoms with Crippen LogP contribution in [-0.4, -0.2) is 35.7 Å². The van der Waals surface area contributed by atoms with Crippen LogP contribution < -0.4 is 10.6 Å². The summed E-state index contributed by atoms with van der Waals surface area (Å²) in [6, 6.07) is 19.7. The summed E-state index contributed by atoms with van der Waals surface area (Å²) in [6.45, 7) is 3.44. The molecule has 1 atom stereocenters. The van der Waals surface area contributed by atoms with Gasteiger partial charge in [0.1, 0.15) is 12.6 Å². The van der Waals surface area contributed by atoms with Crippen molar-refractivity contribution in [2.24, 2.45) is 0 Å². The number of rotatable bonds is 6. The highest BCUT2D eigenvalue weighted by Gasteiger charge is 2.29. The van der Waals surface area contributed by atoms with Crippen molar-refractivity contribution in [3.8, 4) is 11.1 Å². The number of carboxylic acids is 1.